The van der Waals surface area contributed by atoms with Crippen LogP contribution < -0.4 is 14.8 Å². The highest BCUT2D eigenvalue weighted by Gasteiger charge is 2.23. The molecule has 0 radical (unpaired) electrons. The van der Waals surface area contributed by atoms with Crippen LogP contribution in [0, 0.1) is 11.8 Å². The van der Waals surface area contributed by atoms with E-state index in [1.54, 1.807) is 12.0 Å². The number of amides is 1. The van der Waals surface area contributed by atoms with E-state index in [4.69, 9.17) is 9.47 Å². The molecule has 1 aliphatic rings. The predicted octanol–water partition coefficient (Wildman–Crippen LogP) is 2.98. The van der Waals surface area contributed by atoms with Gasteiger partial charge in [0, 0.05) is 13.5 Å². The maximum atomic E-state index is 12.4. The van der Waals surface area contributed by atoms with Crippen molar-refractivity contribution in [1.82, 2.24) is 10.2 Å². The number of nitrogens with zero attached hydrogens (tertiary/aromatic N) is 1. The molecule has 6 heteroatoms. The number of hydrogen-bond acceptors (Lipinski definition) is 4. The van der Waals surface area contributed by atoms with Gasteiger partial charge < -0.3 is 19.7 Å². The minimum absolute atomic E-state index is 0. The third-order valence-electron chi connectivity index (χ3n) is 4.82. The molecule has 1 N–H and O–H groups in total. The zero-order valence-electron chi connectivity index (χ0n) is 15.5. The Morgan fingerprint density at radius 2 is 2.08 bits per heavy atom. The molecule has 0 spiro atoms. The van der Waals surface area contributed by atoms with E-state index in [0.717, 1.165) is 13.1 Å². The minimum Gasteiger partial charge on any atom is -0.493 e. The summed E-state index contributed by atoms with van der Waals surface area (Å²) in [6, 6.07) is 7.55. The molecule has 1 aliphatic heterocycles. The Kier molecular flexibility index (Phi) is 9.68. The number of carbonyl (C=O) groups excluding carboxylic acids is 1. The van der Waals surface area contributed by atoms with Crippen molar-refractivity contribution in [2.75, 3.05) is 40.4 Å². The fourth-order valence-electron chi connectivity index (χ4n) is 3.12. The van der Waals surface area contributed by atoms with Crippen LogP contribution >= 0.6 is 12.4 Å². The molecule has 2 atom stereocenters. The Hall–Kier alpha value is -1.46. The maximum absolute atomic E-state index is 12.4. The SMILES string of the molecule is COc1ccccc1OCCN(C)C(=O)CC(C)C1CCCNC1.Cl. The molecule has 142 valence electrons. The van der Waals surface area contributed by atoms with Crippen LogP contribution in [-0.2, 0) is 4.79 Å². The number of methoxy groups -OCH3 is 1. The molecule has 1 saturated heterocycles. The summed E-state index contributed by atoms with van der Waals surface area (Å²) in [7, 11) is 3.47. The summed E-state index contributed by atoms with van der Waals surface area (Å²) < 4.78 is 11.0. The lowest BCUT2D eigenvalue weighted by molar-refractivity contribution is -0.131. The number of carbonyl (C=O) groups is 1. The second-order valence-electron chi connectivity index (χ2n) is 6.60. The van der Waals surface area contributed by atoms with E-state index in [1.807, 2.05) is 31.3 Å². The molecule has 1 heterocycles. The van der Waals surface area contributed by atoms with Gasteiger partial charge in [-0.2, -0.15) is 0 Å². The van der Waals surface area contributed by atoms with Crippen molar-refractivity contribution in [2.45, 2.75) is 26.2 Å². The fraction of sp³-hybridized carbons (Fsp3) is 0.632. The molecule has 5 nitrogen and oxygen atoms in total. The number of likely N-dealkylation sites (N-methyl/N-ethyl adjacent to an activating group) is 1. The lowest BCUT2D eigenvalue weighted by Crippen LogP contribution is -2.37. The molecule has 0 bridgehead atoms. The van der Waals surface area contributed by atoms with Crippen molar-refractivity contribution in [3.05, 3.63) is 24.3 Å². The molecule has 2 unspecified atom stereocenters. The quantitative estimate of drug-likeness (QED) is 0.764. The van der Waals surface area contributed by atoms with Gasteiger partial charge in [0.15, 0.2) is 11.5 Å². The van der Waals surface area contributed by atoms with Crippen LogP contribution in [0.5, 0.6) is 11.5 Å². The van der Waals surface area contributed by atoms with E-state index in [-0.39, 0.29) is 18.3 Å². The van der Waals surface area contributed by atoms with Gasteiger partial charge >= 0.3 is 0 Å². The first-order valence-electron chi connectivity index (χ1n) is 8.82. The normalized spacial score (nSPS) is 18.0. The van der Waals surface area contributed by atoms with Crippen LogP contribution in [0.1, 0.15) is 26.2 Å². The van der Waals surface area contributed by atoms with Crippen LogP contribution in [0.3, 0.4) is 0 Å². The van der Waals surface area contributed by atoms with Crippen molar-refractivity contribution >= 4 is 18.3 Å². The van der Waals surface area contributed by atoms with Gasteiger partial charge in [0.05, 0.1) is 13.7 Å². The third-order valence-corrected chi connectivity index (χ3v) is 4.82. The van der Waals surface area contributed by atoms with Crippen molar-refractivity contribution in [1.29, 1.82) is 0 Å². The van der Waals surface area contributed by atoms with E-state index in [9.17, 15) is 4.79 Å². The molecule has 25 heavy (non-hydrogen) atoms. The van der Waals surface area contributed by atoms with Crippen molar-refractivity contribution in [3.8, 4) is 11.5 Å². The number of ether oxygens (including phenoxy) is 2. The van der Waals surface area contributed by atoms with Crippen molar-refractivity contribution < 1.29 is 14.3 Å². The van der Waals surface area contributed by atoms with Crippen LogP contribution in [0.4, 0.5) is 0 Å². The summed E-state index contributed by atoms with van der Waals surface area (Å²) in [5, 5.41) is 3.42. The Morgan fingerprint density at radius 3 is 2.72 bits per heavy atom. The van der Waals surface area contributed by atoms with Gasteiger partial charge in [0.2, 0.25) is 5.91 Å². The molecule has 0 saturated carbocycles. The van der Waals surface area contributed by atoms with Gasteiger partial charge in [0.1, 0.15) is 6.61 Å². The highest BCUT2D eigenvalue weighted by molar-refractivity contribution is 5.85. The summed E-state index contributed by atoms with van der Waals surface area (Å²) >= 11 is 0. The maximum Gasteiger partial charge on any atom is 0.222 e. The first-order valence-corrected chi connectivity index (χ1v) is 8.82. The highest BCUT2D eigenvalue weighted by atomic mass is 35.5. The van der Waals surface area contributed by atoms with Gasteiger partial charge in [0.25, 0.3) is 0 Å². The molecule has 1 aromatic rings. The second kappa shape index (κ2) is 11.2. The molecule has 1 aromatic carbocycles. The Balaban J connectivity index is 0.00000312. The van der Waals surface area contributed by atoms with Crippen LogP contribution in [0.25, 0.3) is 0 Å². The van der Waals surface area contributed by atoms with Gasteiger partial charge in [-0.25, -0.2) is 0 Å². The molecule has 0 aliphatic carbocycles. The average molecular weight is 371 g/mol. The minimum atomic E-state index is 0. The molecule has 0 aromatic heterocycles. The third kappa shape index (κ3) is 6.75. The average Bonchev–Trinajstić information content (AvgIpc) is 2.62. The molecule has 1 amide bonds. The van der Waals surface area contributed by atoms with Gasteiger partial charge in [-0.05, 0) is 49.9 Å². The van der Waals surface area contributed by atoms with Crippen LogP contribution in [-0.4, -0.2) is 51.2 Å². The van der Waals surface area contributed by atoms with Gasteiger partial charge in [-0.3, -0.25) is 4.79 Å². The van der Waals surface area contributed by atoms with Crippen LogP contribution in [0.15, 0.2) is 24.3 Å². The Labute approximate surface area is 157 Å². The summed E-state index contributed by atoms with van der Waals surface area (Å²) in [6.07, 6.45) is 3.05. The van der Waals surface area contributed by atoms with E-state index in [1.165, 1.54) is 12.8 Å². The largest absolute Gasteiger partial charge is 0.493 e. The Morgan fingerprint density at radius 1 is 1.36 bits per heavy atom. The summed E-state index contributed by atoms with van der Waals surface area (Å²) in [6.45, 7) is 5.37. The lowest BCUT2D eigenvalue weighted by Gasteiger charge is -2.29. The summed E-state index contributed by atoms with van der Waals surface area (Å²) in [4.78, 5) is 14.2. The zero-order valence-corrected chi connectivity index (χ0v) is 16.3. The number of piperidine rings is 1. The number of halogens is 1. The van der Waals surface area contributed by atoms with Crippen LogP contribution in [0.2, 0.25) is 0 Å². The monoisotopic (exact) mass is 370 g/mol. The molecule has 2 rings (SSSR count). The number of rotatable bonds is 8. The number of para-hydroxylation sites is 2. The van der Waals surface area contributed by atoms with Gasteiger partial charge in [-0.15, -0.1) is 12.4 Å². The second-order valence-corrected chi connectivity index (χ2v) is 6.60. The summed E-state index contributed by atoms with van der Waals surface area (Å²) in [5.74, 6) is 2.65. The highest BCUT2D eigenvalue weighted by Crippen LogP contribution is 2.26. The fourth-order valence-corrected chi connectivity index (χ4v) is 3.12. The van der Waals surface area contributed by atoms with E-state index >= 15 is 0 Å². The topological polar surface area (TPSA) is 50.8 Å². The predicted molar refractivity (Wildman–Crippen MR) is 103 cm³/mol. The first kappa shape index (κ1) is 21.6. The smallest absolute Gasteiger partial charge is 0.222 e. The molecular weight excluding hydrogens is 340 g/mol. The van der Waals surface area contributed by atoms with E-state index < -0.39 is 0 Å². The standard InChI is InChI=1S/C19H30N2O3.ClH/c1-15(16-7-6-10-20-14-16)13-19(22)21(2)11-12-24-18-9-5-4-8-17(18)23-3;/h4-5,8-9,15-16,20H,6-7,10-14H2,1-3H3;1H. The lowest BCUT2D eigenvalue weighted by atomic mass is 9.85. The van der Waals surface area contributed by atoms with Crippen molar-refractivity contribution in [2.24, 2.45) is 11.8 Å². The van der Waals surface area contributed by atoms with Crippen molar-refractivity contribution in [3.63, 3.8) is 0 Å². The van der Waals surface area contributed by atoms with E-state index in [2.05, 4.69) is 12.2 Å². The molecular formula is C19H31ClN2O3. The number of nitrogens with one attached hydrogen (secondary N) is 1. The zero-order chi connectivity index (χ0) is 17.4. The first-order chi connectivity index (χ1) is 11.6. The summed E-state index contributed by atoms with van der Waals surface area (Å²) in [5.41, 5.74) is 0. The van der Waals surface area contributed by atoms with Gasteiger partial charge in [-0.1, -0.05) is 19.1 Å². The van der Waals surface area contributed by atoms with E-state index in [0.29, 0.717) is 42.9 Å². The Bertz CT molecular complexity index is 521. The number of hydrogen-bond donors (Lipinski definition) is 1. The number of benzene rings is 1. The molecule has 1 fully saturated rings.